The second-order valence-corrected chi connectivity index (χ2v) is 5.23. The van der Waals surface area contributed by atoms with E-state index in [1.54, 1.807) is 24.3 Å². The fourth-order valence-electron chi connectivity index (χ4n) is 1.69. The van der Waals surface area contributed by atoms with Crippen LogP contribution in [0.4, 0.5) is 10.1 Å². The number of hydrogen-bond donors (Lipinski definition) is 2. The van der Waals surface area contributed by atoms with Gasteiger partial charge in [0, 0.05) is 16.7 Å². The predicted octanol–water partition coefficient (Wildman–Crippen LogP) is 3.06. The molecular weight excluding hydrogens is 339 g/mol. The molecule has 2 aromatic rings. The number of rotatable bonds is 5. The predicted molar refractivity (Wildman–Crippen MR) is 82.6 cm³/mol. The molecule has 0 fully saturated rings. The first-order chi connectivity index (χ1) is 10.1. The summed E-state index contributed by atoms with van der Waals surface area (Å²) in [5, 5.41) is 2.66. The van der Waals surface area contributed by atoms with Crippen LogP contribution in [-0.4, -0.2) is 12.5 Å². The fraction of sp³-hybridized carbons (Fsp3) is 0.133. The average Bonchev–Trinajstić information content (AvgIpc) is 2.46. The third kappa shape index (κ3) is 4.54. The number of carbonyl (C=O) groups is 1. The summed E-state index contributed by atoms with van der Waals surface area (Å²) < 4.78 is 19.7. The zero-order valence-electron chi connectivity index (χ0n) is 11.1. The van der Waals surface area contributed by atoms with E-state index in [1.807, 2.05) is 6.07 Å². The Bertz CT molecular complexity index is 649. The van der Waals surface area contributed by atoms with E-state index in [0.717, 1.165) is 4.47 Å². The quantitative estimate of drug-likeness (QED) is 0.868. The van der Waals surface area contributed by atoms with Crippen molar-refractivity contribution in [1.29, 1.82) is 0 Å². The van der Waals surface area contributed by atoms with Crippen molar-refractivity contribution in [2.45, 2.75) is 6.54 Å². The normalized spacial score (nSPS) is 10.2. The van der Waals surface area contributed by atoms with Crippen molar-refractivity contribution < 1.29 is 13.9 Å². The van der Waals surface area contributed by atoms with E-state index in [1.165, 1.54) is 12.1 Å². The minimum absolute atomic E-state index is 0.0246. The van der Waals surface area contributed by atoms with E-state index in [9.17, 15) is 9.18 Å². The van der Waals surface area contributed by atoms with Crippen molar-refractivity contribution in [2.24, 2.45) is 5.73 Å². The molecule has 0 aliphatic rings. The number of ether oxygens (including phenoxy) is 1. The molecule has 0 aliphatic carbocycles. The van der Waals surface area contributed by atoms with Gasteiger partial charge in [-0.2, -0.15) is 0 Å². The van der Waals surface area contributed by atoms with Gasteiger partial charge in [-0.15, -0.1) is 0 Å². The fourth-order valence-corrected chi connectivity index (χ4v) is 2.09. The molecule has 2 aromatic carbocycles. The second kappa shape index (κ2) is 7.19. The largest absolute Gasteiger partial charge is 0.481 e. The second-order valence-electron chi connectivity index (χ2n) is 4.32. The Balaban J connectivity index is 1.92. The van der Waals surface area contributed by atoms with Crippen molar-refractivity contribution in [3.8, 4) is 5.75 Å². The first-order valence-electron chi connectivity index (χ1n) is 6.25. The van der Waals surface area contributed by atoms with E-state index in [0.29, 0.717) is 11.3 Å². The highest BCUT2D eigenvalue weighted by atomic mass is 79.9. The van der Waals surface area contributed by atoms with Gasteiger partial charge in [0.2, 0.25) is 0 Å². The first kappa shape index (κ1) is 15.5. The highest BCUT2D eigenvalue weighted by Gasteiger charge is 2.08. The molecule has 0 atom stereocenters. The van der Waals surface area contributed by atoms with E-state index < -0.39 is 5.82 Å². The van der Waals surface area contributed by atoms with Gasteiger partial charge in [0.1, 0.15) is 0 Å². The molecule has 0 saturated carbocycles. The molecule has 21 heavy (non-hydrogen) atoms. The molecular formula is C15H14BrFN2O2. The van der Waals surface area contributed by atoms with Crippen LogP contribution in [0.3, 0.4) is 0 Å². The average molecular weight is 353 g/mol. The van der Waals surface area contributed by atoms with Crippen LogP contribution in [0.25, 0.3) is 0 Å². The molecule has 0 spiro atoms. The van der Waals surface area contributed by atoms with Gasteiger partial charge in [-0.05, 0) is 35.9 Å². The number of anilines is 1. The molecule has 0 aromatic heterocycles. The summed E-state index contributed by atoms with van der Waals surface area (Å²) in [5.74, 6) is -0.875. The van der Waals surface area contributed by atoms with Gasteiger partial charge in [-0.3, -0.25) is 4.79 Å². The molecule has 6 heteroatoms. The lowest BCUT2D eigenvalue weighted by Crippen LogP contribution is -2.20. The van der Waals surface area contributed by atoms with E-state index in [4.69, 9.17) is 10.5 Å². The lowest BCUT2D eigenvalue weighted by molar-refractivity contribution is -0.118. The number of amides is 1. The van der Waals surface area contributed by atoms with Crippen LogP contribution in [0.5, 0.6) is 5.75 Å². The van der Waals surface area contributed by atoms with Crippen LogP contribution in [-0.2, 0) is 11.3 Å². The molecule has 0 radical (unpaired) electrons. The van der Waals surface area contributed by atoms with Crippen molar-refractivity contribution in [2.75, 3.05) is 11.9 Å². The minimum atomic E-state index is -0.534. The van der Waals surface area contributed by atoms with Gasteiger partial charge in [0.15, 0.2) is 18.2 Å². The number of carbonyl (C=O) groups excluding carboxylic acids is 1. The molecule has 0 unspecified atom stereocenters. The lowest BCUT2D eigenvalue weighted by Gasteiger charge is -2.09. The molecule has 3 N–H and O–H groups in total. The minimum Gasteiger partial charge on any atom is -0.481 e. The Labute approximate surface area is 130 Å². The van der Waals surface area contributed by atoms with Gasteiger partial charge in [-0.1, -0.05) is 28.1 Å². The molecule has 0 saturated heterocycles. The molecule has 0 aliphatic heterocycles. The first-order valence-corrected chi connectivity index (χ1v) is 7.04. The Morgan fingerprint density at radius 2 is 2.10 bits per heavy atom. The summed E-state index contributed by atoms with van der Waals surface area (Å²) in [4.78, 5) is 11.7. The zero-order chi connectivity index (χ0) is 15.2. The summed E-state index contributed by atoms with van der Waals surface area (Å²) in [6.07, 6.45) is 0. The summed E-state index contributed by atoms with van der Waals surface area (Å²) in [7, 11) is 0. The number of nitrogens with one attached hydrogen (secondary N) is 1. The maximum absolute atomic E-state index is 13.6. The maximum Gasteiger partial charge on any atom is 0.262 e. The summed E-state index contributed by atoms with van der Waals surface area (Å²) in [6.45, 7) is -0.0218. The summed E-state index contributed by atoms with van der Waals surface area (Å²) in [6, 6.07) is 11.6. The number of nitrogens with two attached hydrogens (primary N) is 1. The number of benzene rings is 2. The smallest absolute Gasteiger partial charge is 0.262 e. The monoisotopic (exact) mass is 352 g/mol. The Morgan fingerprint density at radius 1 is 1.29 bits per heavy atom. The maximum atomic E-state index is 13.6. The van der Waals surface area contributed by atoms with Crippen LogP contribution < -0.4 is 15.8 Å². The third-order valence-electron chi connectivity index (χ3n) is 2.70. The van der Waals surface area contributed by atoms with Crippen molar-refractivity contribution in [3.05, 3.63) is 58.3 Å². The van der Waals surface area contributed by atoms with E-state index >= 15 is 0 Å². The van der Waals surface area contributed by atoms with Crippen molar-refractivity contribution in [3.63, 3.8) is 0 Å². The van der Waals surface area contributed by atoms with Gasteiger partial charge < -0.3 is 15.8 Å². The Kier molecular flexibility index (Phi) is 5.30. The number of halogens is 2. The van der Waals surface area contributed by atoms with Gasteiger partial charge >= 0.3 is 0 Å². The van der Waals surface area contributed by atoms with E-state index in [2.05, 4.69) is 21.2 Å². The van der Waals surface area contributed by atoms with Crippen LogP contribution in [0.15, 0.2) is 46.9 Å². The Hall–Kier alpha value is -1.92. The highest BCUT2D eigenvalue weighted by molar-refractivity contribution is 9.10. The molecule has 0 bridgehead atoms. The SMILES string of the molecule is NCc1ccc(OCC(=O)Nc2cccc(Br)c2)c(F)c1. The standard InChI is InChI=1S/C15H14BrFN2O2/c16-11-2-1-3-12(7-11)19-15(20)9-21-14-5-4-10(8-18)6-13(14)17/h1-7H,8-9,18H2,(H,19,20). The van der Waals surface area contributed by atoms with Crippen LogP contribution >= 0.6 is 15.9 Å². The Morgan fingerprint density at radius 3 is 2.76 bits per heavy atom. The third-order valence-corrected chi connectivity index (χ3v) is 3.19. The van der Waals surface area contributed by atoms with Gasteiger partial charge in [0.05, 0.1) is 0 Å². The van der Waals surface area contributed by atoms with Crippen molar-refractivity contribution in [1.82, 2.24) is 0 Å². The molecule has 1 amide bonds. The topological polar surface area (TPSA) is 64.3 Å². The zero-order valence-corrected chi connectivity index (χ0v) is 12.7. The molecule has 4 nitrogen and oxygen atoms in total. The molecule has 2 rings (SSSR count). The summed E-state index contributed by atoms with van der Waals surface area (Å²) >= 11 is 3.31. The van der Waals surface area contributed by atoms with Crippen LogP contribution in [0.2, 0.25) is 0 Å². The van der Waals surface area contributed by atoms with Crippen LogP contribution in [0, 0.1) is 5.82 Å². The highest BCUT2D eigenvalue weighted by Crippen LogP contribution is 2.19. The molecule has 0 heterocycles. The van der Waals surface area contributed by atoms with Gasteiger partial charge in [-0.25, -0.2) is 4.39 Å². The lowest BCUT2D eigenvalue weighted by atomic mass is 10.2. The van der Waals surface area contributed by atoms with Crippen LogP contribution in [0.1, 0.15) is 5.56 Å². The van der Waals surface area contributed by atoms with Gasteiger partial charge in [0.25, 0.3) is 5.91 Å². The van der Waals surface area contributed by atoms with Crippen molar-refractivity contribution >= 4 is 27.5 Å². The molecule has 110 valence electrons. The summed E-state index contributed by atoms with van der Waals surface area (Å²) in [5.41, 5.74) is 6.71. The van der Waals surface area contributed by atoms with E-state index in [-0.39, 0.29) is 24.8 Å². The number of hydrogen-bond acceptors (Lipinski definition) is 3.